The van der Waals surface area contributed by atoms with Crippen LogP contribution in [0.5, 0.6) is 0 Å². The maximum atomic E-state index is 4.56. The number of benzene rings is 3. The Labute approximate surface area is 149 Å². The van der Waals surface area contributed by atoms with Gasteiger partial charge in [0.25, 0.3) is 0 Å². The first-order valence-corrected chi connectivity index (χ1v) is 8.61. The van der Waals surface area contributed by atoms with E-state index >= 15 is 0 Å². The van der Waals surface area contributed by atoms with Crippen molar-refractivity contribution in [1.82, 2.24) is 10.2 Å². The van der Waals surface area contributed by atoms with Gasteiger partial charge in [-0.3, -0.25) is 0 Å². The van der Waals surface area contributed by atoms with Crippen molar-refractivity contribution in [2.75, 3.05) is 0 Å². The molecule has 0 aliphatic rings. The fourth-order valence-corrected chi connectivity index (χ4v) is 3.35. The van der Waals surface area contributed by atoms with Crippen LogP contribution in [0.1, 0.15) is 5.56 Å². The molecule has 4 rings (SSSR count). The van der Waals surface area contributed by atoms with Crippen LogP contribution in [0, 0.1) is 6.92 Å². The average molecular weight is 375 g/mol. The molecule has 0 aliphatic carbocycles. The maximum absolute atomic E-state index is 4.56. The molecule has 0 saturated heterocycles. The molecule has 0 bridgehead atoms. The predicted octanol–water partition coefficient (Wildman–Crippen LogP) is 6.03. The summed E-state index contributed by atoms with van der Waals surface area (Å²) in [6.45, 7) is 2.09. The molecule has 4 aromatic rings. The second kappa shape index (κ2) is 6.17. The molecule has 0 spiro atoms. The summed E-state index contributed by atoms with van der Waals surface area (Å²) in [5, 5.41) is 11.3. The first-order chi connectivity index (χ1) is 11.7. The SMILES string of the molecule is Cc1ccc(-c2nnc(-c3ccccc3Br)c3ccccc23)cc1. The van der Waals surface area contributed by atoms with Gasteiger partial charge >= 0.3 is 0 Å². The second-order valence-electron chi connectivity index (χ2n) is 5.79. The minimum atomic E-state index is 0.897. The highest BCUT2D eigenvalue weighted by Crippen LogP contribution is 2.35. The van der Waals surface area contributed by atoms with Crippen molar-refractivity contribution < 1.29 is 0 Å². The molecule has 0 saturated carbocycles. The lowest BCUT2D eigenvalue weighted by Gasteiger charge is -2.11. The van der Waals surface area contributed by atoms with Gasteiger partial charge in [0.1, 0.15) is 11.4 Å². The lowest BCUT2D eigenvalue weighted by atomic mass is 10.00. The second-order valence-corrected chi connectivity index (χ2v) is 6.64. The van der Waals surface area contributed by atoms with Crippen molar-refractivity contribution in [3.63, 3.8) is 0 Å². The third-order valence-electron chi connectivity index (χ3n) is 4.14. The van der Waals surface area contributed by atoms with E-state index in [0.29, 0.717) is 0 Å². The Kier molecular flexibility index (Phi) is 3.87. The maximum Gasteiger partial charge on any atom is 0.102 e. The predicted molar refractivity (Wildman–Crippen MR) is 103 cm³/mol. The first kappa shape index (κ1) is 15.0. The van der Waals surface area contributed by atoms with E-state index in [-0.39, 0.29) is 0 Å². The molecule has 116 valence electrons. The Balaban J connectivity index is 1.99. The van der Waals surface area contributed by atoms with Crippen molar-refractivity contribution in [3.8, 4) is 22.5 Å². The molecule has 0 aliphatic heterocycles. The van der Waals surface area contributed by atoms with Gasteiger partial charge in [0.15, 0.2) is 0 Å². The highest BCUT2D eigenvalue weighted by molar-refractivity contribution is 9.10. The highest BCUT2D eigenvalue weighted by atomic mass is 79.9. The normalized spacial score (nSPS) is 10.9. The van der Waals surface area contributed by atoms with Gasteiger partial charge in [-0.05, 0) is 13.0 Å². The zero-order chi connectivity index (χ0) is 16.5. The third kappa shape index (κ3) is 2.61. The van der Waals surface area contributed by atoms with Crippen LogP contribution in [0.25, 0.3) is 33.3 Å². The molecule has 0 unspecified atom stereocenters. The number of aryl methyl sites for hydroxylation is 1. The summed E-state index contributed by atoms with van der Waals surface area (Å²) in [5.74, 6) is 0. The van der Waals surface area contributed by atoms with Gasteiger partial charge in [0.2, 0.25) is 0 Å². The number of hydrogen-bond donors (Lipinski definition) is 0. The molecule has 0 atom stereocenters. The smallest absolute Gasteiger partial charge is 0.102 e. The average Bonchev–Trinajstić information content (AvgIpc) is 2.62. The number of fused-ring (bicyclic) bond motifs is 1. The Hall–Kier alpha value is -2.52. The molecular weight excluding hydrogens is 360 g/mol. The fraction of sp³-hybridized carbons (Fsp3) is 0.0476. The van der Waals surface area contributed by atoms with Crippen molar-refractivity contribution in [2.24, 2.45) is 0 Å². The molecule has 3 aromatic carbocycles. The van der Waals surface area contributed by atoms with Gasteiger partial charge in [-0.2, -0.15) is 0 Å². The zero-order valence-corrected chi connectivity index (χ0v) is 14.8. The van der Waals surface area contributed by atoms with E-state index in [1.54, 1.807) is 0 Å². The largest absolute Gasteiger partial charge is 0.149 e. The monoisotopic (exact) mass is 374 g/mol. The molecule has 0 amide bonds. The van der Waals surface area contributed by atoms with Gasteiger partial charge in [-0.15, -0.1) is 10.2 Å². The molecular formula is C21H15BrN2. The van der Waals surface area contributed by atoms with E-state index in [2.05, 4.69) is 75.5 Å². The minimum Gasteiger partial charge on any atom is -0.149 e. The number of rotatable bonds is 2. The van der Waals surface area contributed by atoms with Gasteiger partial charge in [0, 0.05) is 26.4 Å². The van der Waals surface area contributed by atoms with Gasteiger partial charge < -0.3 is 0 Å². The van der Waals surface area contributed by atoms with Gasteiger partial charge in [0.05, 0.1) is 0 Å². The Morgan fingerprint density at radius 2 is 1.25 bits per heavy atom. The van der Waals surface area contributed by atoms with Crippen LogP contribution in [0.15, 0.2) is 77.3 Å². The van der Waals surface area contributed by atoms with Crippen LogP contribution in [0.4, 0.5) is 0 Å². The van der Waals surface area contributed by atoms with Gasteiger partial charge in [-0.25, -0.2) is 0 Å². The lowest BCUT2D eigenvalue weighted by Crippen LogP contribution is -1.95. The standard InChI is InChI=1S/C21H15BrN2/c1-14-10-12-15(13-11-14)20-16-6-2-3-7-17(16)21(24-23-20)18-8-4-5-9-19(18)22/h2-13H,1H3. The minimum absolute atomic E-state index is 0.897. The van der Waals surface area contributed by atoms with Crippen molar-refractivity contribution in [1.29, 1.82) is 0 Å². The molecule has 1 aromatic heterocycles. The van der Waals surface area contributed by atoms with Crippen LogP contribution in [-0.2, 0) is 0 Å². The summed E-state index contributed by atoms with van der Waals surface area (Å²) >= 11 is 3.62. The van der Waals surface area contributed by atoms with Crippen molar-refractivity contribution in [2.45, 2.75) is 6.92 Å². The summed E-state index contributed by atoms with van der Waals surface area (Å²) in [7, 11) is 0. The summed E-state index contributed by atoms with van der Waals surface area (Å²) < 4.78 is 1.02. The first-order valence-electron chi connectivity index (χ1n) is 7.81. The molecule has 0 N–H and O–H groups in total. The summed E-state index contributed by atoms with van der Waals surface area (Å²) in [6, 6.07) is 24.8. The topological polar surface area (TPSA) is 25.8 Å². The molecule has 0 radical (unpaired) electrons. The van der Waals surface area contributed by atoms with Crippen molar-refractivity contribution in [3.05, 3.63) is 82.8 Å². The number of hydrogen-bond acceptors (Lipinski definition) is 2. The van der Waals surface area contributed by atoms with E-state index < -0.39 is 0 Å². The fourth-order valence-electron chi connectivity index (χ4n) is 2.88. The highest BCUT2D eigenvalue weighted by Gasteiger charge is 2.13. The third-order valence-corrected chi connectivity index (χ3v) is 4.83. The Morgan fingerprint density at radius 1 is 0.667 bits per heavy atom. The molecule has 0 fully saturated rings. The van der Waals surface area contributed by atoms with E-state index in [4.69, 9.17) is 0 Å². The molecule has 1 heterocycles. The molecule has 3 heteroatoms. The molecule has 24 heavy (non-hydrogen) atoms. The van der Waals surface area contributed by atoms with Crippen LogP contribution in [0.3, 0.4) is 0 Å². The summed E-state index contributed by atoms with van der Waals surface area (Å²) in [5.41, 5.74) is 5.19. The van der Waals surface area contributed by atoms with E-state index in [1.165, 1.54) is 5.56 Å². The van der Waals surface area contributed by atoms with Crippen LogP contribution in [0.2, 0.25) is 0 Å². The Bertz CT molecular complexity index is 1020. The Morgan fingerprint density at radius 3 is 1.96 bits per heavy atom. The van der Waals surface area contributed by atoms with E-state index in [1.807, 2.05) is 30.3 Å². The summed E-state index contributed by atoms with van der Waals surface area (Å²) in [6.07, 6.45) is 0. The van der Waals surface area contributed by atoms with E-state index in [9.17, 15) is 0 Å². The summed E-state index contributed by atoms with van der Waals surface area (Å²) in [4.78, 5) is 0. The van der Waals surface area contributed by atoms with Gasteiger partial charge in [-0.1, -0.05) is 88.2 Å². The van der Waals surface area contributed by atoms with Crippen LogP contribution in [-0.4, -0.2) is 10.2 Å². The molecule has 2 nitrogen and oxygen atoms in total. The zero-order valence-electron chi connectivity index (χ0n) is 13.2. The van der Waals surface area contributed by atoms with E-state index in [0.717, 1.165) is 37.8 Å². The lowest BCUT2D eigenvalue weighted by molar-refractivity contribution is 1.06. The quantitative estimate of drug-likeness (QED) is 0.427. The van der Waals surface area contributed by atoms with Crippen molar-refractivity contribution >= 4 is 26.7 Å². The number of aromatic nitrogens is 2. The van der Waals surface area contributed by atoms with Crippen LogP contribution < -0.4 is 0 Å². The van der Waals surface area contributed by atoms with Crippen LogP contribution >= 0.6 is 15.9 Å². The number of halogens is 1. The number of nitrogens with zero attached hydrogens (tertiary/aromatic N) is 2.